The topological polar surface area (TPSA) is 233 Å². The summed E-state index contributed by atoms with van der Waals surface area (Å²) in [5, 5.41) is 0. The van der Waals surface area contributed by atoms with Gasteiger partial charge in [-0.15, -0.1) is 18.8 Å². The Labute approximate surface area is 672 Å². The molecule has 5 aromatic carbocycles. The predicted molar refractivity (Wildman–Crippen MR) is 449 cm³/mol. The van der Waals surface area contributed by atoms with Crippen LogP contribution in [0, 0.1) is 24.7 Å². The van der Waals surface area contributed by atoms with Crippen LogP contribution in [0.25, 0.3) is 56.3 Å². The van der Waals surface area contributed by atoms with E-state index in [1.165, 1.54) is 22.3 Å². The summed E-state index contributed by atoms with van der Waals surface area (Å²) in [6.45, 7) is 27.6. The first-order valence-electron chi connectivity index (χ1n) is 38.5. The van der Waals surface area contributed by atoms with Crippen LogP contribution in [0.5, 0.6) is 23.0 Å². The smallest absolute Gasteiger partial charge is 0.358 e. The zero-order chi connectivity index (χ0) is 83.2. The maximum absolute atomic E-state index is 12.2. The van der Waals surface area contributed by atoms with Crippen molar-refractivity contribution in [3.05, 3.63) is 245 Å². The molecule has 0 fully saturated rings. The van der Waals surface area contributed by atoms with Crippen LogP contribution < -0.4 is 18.9 Å². The Balaban J connectivity index is 0.000000222. The molecule has 0 bridgehead atoms. The summed E-state index contributed by atoms with van der Waals surface area (Å²) in [6.07, 6.45) is 15.8. The Kier molecular flexibility index (Phi) is 37.3. The fourth-order valence-electron chi connectivity index (χ4n) is 10.9. The van der Waals surface area contributed by atoms with Crippen molar-refractivity contribution >= 4 is 29.8 Å². The number of pyridine rings is 5. The molecule has 0 N–H and O–H groups in total. The highest BCUT2D eigenvalue weighted by atomic mass is 16.6. The Morgan fingerprint density at radius 2 is 0.702 bits per heavy atom. The summed E-state index contributed by atoms with van der Waals surface area (Å²) < 4.78 is 47.3. The first kappa shape index (κ1) is 90.4. The van der Waals surface area contributed by atoms with Crippen LogP contribution in [0.2, 0.25) is 0 Å². The van der Waals surface area contributed by atoms with Crippen LogP contribution in [-0.4, -0.2) is 113 Å². The quantitative estimate of drug-likeness (QED) is 0.0252. The van der Waals surface area contributed by atoms with Crippen molar-refractivity contribution in [1.82, 2.24) is 24.9 Å². The molecular formula is C95H107N5O14. The monoisotopic (exact) mass is 1540 g/mol. The van der Waals surface area contributed by atoms with E-state index in [4.69, 9.17) is 55.5 Å². The number of aryl methyl sites for hydroxylation is 3. The second-order valence-electron chi connectivity index (χ2n) is 27.2. The number of nitrogens with zero attached hydrogens (tertiary/aromatic N) is 5. The van der Waals surface area contributed by atoms with Crippen molar-refractivity contribution in [2.75, 3.05) is 27.9 Å². The van der Waals surface area contributed by atoms with Crippen LogP contribution in [0.3, 0.4) is 0 Å². The van der Waals surface area contributed by atoms with Crippen molar-refractivity contribution < 1.29 is 66.6 Å². The molecular weight excluding hydrogens is 1440 g/mol. The van der Waals surface area contributed by atoms with Crippen molar-refractivity contribution in [2.24, 2.45) is 0 Å². The molecule has 0 spiro atoms. The van der Waals surface area contributed by atoms with E-state index < -0.39 is 30.0 Å². The molecule has 19 heteroatoms. The molecule has 3 atom stereocenters. The predicted octanol–water partition coefficient (Wildman–Crippen LogP) is 20.6. The zero-order valence-corrected chi connectivity index (χ0v) is 68.7. The van der Waals surface area contributed by atoms with Gasteiger partial charge in [0.05, 0.1) is 74.7 Å². The molecule has 5 heterocycles. The number of methoxy groups -OCH3 is 3. The molecule has 0 aliphatic carbocycles. The number of terminal acetylenes is 2. The highest BCUT2D eigenvalue weighted by Gasteiger charge is 2.21. The van der Waals surface area contributed by atoms with Gasteiger partial charge in [0.2, 0.25) is 0 Å². The van der Waals surface area contributed by atoms with Gasteiger partial charge in [0.15, 0.2) is 23.2 Å². The maximum atomic E-state index is 12.2. The van der Waals surface area contributed by atoms with E-state index in [1.54, 1.807) is 77.6 Å². The van der Waals surface area contributed by atoms with E-state index in [-0.39, 0.29) is 53.2 Å². The van der Waals surface area contributed by atoms with Gasteiger partial charge < -0.3 is 42.6 Å². The molecule has 5 aromatic heterocycles. The lowest BCUT2D eigenvalue weighted by molar-refractivity contribution is 0.0339. The first-order valence-corrected chi connectivity index (χ1v) is 38.5. The van der Waals surface area contributed by atoms with Gasteiger partial charge in [-0.2, -0.15) is 0 Å². The lowest BCUT2D eigenvalue weighted by Crippen LogP contribution is -2.15. The molecule has 0 saturated carbocycles. The van der Waals surface area contributed by atoms with Gasteiger partial charge in [-0.1, -0.05) is 163 Å². The molecule has 0 aliphatic rings. The zero-order valence-electron chi connectivity index (χ0n) is 68.7. The van der Waals surface area contributed by atoms with Gasteiger partial charge in [-0.05, 0) is 165 Å². The van der Waals surface area contributed by atoms with E-state index in [2.05, 4.69) is 120 Å². The molecule has 19 nitrogen and oxygen atoms in total. The average Bonchev–Trinajstić information content (AvgIpc) is 0.848. The number of aromatic nitrogens is 5. The molecule has 10 aromatic rings. The van der Waals surface area contributed by atoms with Crippen LogP contribution in [0.15, 0.2) is 194 Å². The number of rotatable bonds is 28. The average molecular weight is 1540 g/mol. The van der Waals surface area contributed by atoms with Gasteiger partial charge in [-0.3, -0.25) is 0 Å². The lowest BCUT2D eigenvalue weighted by atomic mass is 9.97. The largest absolute Gasteiger partial charge is 0.497 e. The van der Waals surface area contributed by atoms with Crippen molar-refractivity contribution in [2.45, 2.75) is 178 Å². The Morgan fingerprint density at radius 1 is 0.368 bits per heavy atom. The molecule has 0 aliphatic heterocycles. The van der Waals surface area contributed by atoms with Gasteiger partial charge in [0.1, 0.15) is 40.5 Å². The van der Waals surface area contributed by atoms with Gasteiger partial charge in [0.25, 0.3) is 0 Å². The van der Waals surface area contributed by atoms with E-state index in [1.807, 2.05) is 152 Å². The minimum Gasteiger partial charge on any atom is -0.497 e. The van der Waals surface area contributed by atoms with Crippen LogP contribution in [0.4, 0.5) is 0 Å². The highest BCUT2D eigenvalue weighted by molar-refractivity contribution is 5.91. The first-order chi connectivity index (χ1) is 54.8. The third-order valence-electron chi connectivity index (χ3n) is 17.0. The van der Waals surface area contributed by atoms with Crippen molar-refractivity contribution in [1.29, 1.82) is 0 Å². The number of hydrogen-bond acceptors (Lipinski definition) is 19. The molecule has 0 amide bonds. The van der Waals surface area contributed by atoms with E-state index in [0.717, 1.165) is 77.8 Å². The Morgan fingerprint density at radius 3 is 1.04 bits per heavy atom. The van der Waals surface area contributed by atoms with Crippen molar-refractivity contribution in [3.63, 3.8) is 0 Å². The summed E-state index contributed by atoms with van der Waals surface area (Å²) in [6, 6.07) is 61.2. The van der Waals surface area contributed by atoms with Crippen molar-refractivity contribution in [3.8, 4) is 104 Å². The van der Waals surface area contributed by atoms with Crippen LogP contribution in [-0.2, 0) is 42.9 Å². The second-order valence-corrected chi connectivity index (χ2v) is 27.2. The maximum Gasteiger partial charge on any atom is 0.358 e. The molecule has 596 valence electrons. The number of carbonyl (C=O) groups excluding carboxylic acids is 5. The third kappa shape index (κ3) is 29.3. The number of hydrogen-bond donors (Lipinski definition) is 0. The van der Waals surface area contributed by atoms with Crippen LogP contribution >= 0.6 is 0 Å². The molecule has 0 saturated heterocycles. The Hall–Kier alpha value is -12.5. The van der Waals surface area contributed by atoms with E-state index >= 15 is 0 Å². The lowest BCUT2D eigenvalue weighted by Gasteiger charge is -2.12. The number of carbonyl (C=O) groups is 5. The molecule has 114 heavy (non-hydrogen) atoms. The van der Waals surface area contributed by atoms with Crippen LogP contribution in [0.1, 0.15) is 203 Å². The number of esters is 5. The van der Waals surface area contributed by atoms with E-state index in [0.29, 0.717) is 64.7 Å². The summed E-state index contributed by atoms with van der Waals surface area (Å²) in [7, 11) is 4.69. The van der Waals surface area contributed by atoms with Gasteiger partial charge >= 0.3 is 29.8 Å². The normalized spacial score (nSPS) is 11.2. The SMILES string of the molecule is C#CC(C)OC(=O)c1cc(OC)cc(-c2ccc(CCC)cc2)n1.C#CCC(C)OC(=O)c1cccc(-c2ccc(OCC)cc2)n1.CCC(C)c1ccc(-c2cc(OC)cc(C(=O)OC(C)C)n2)cc1.CCCc1ccc(-c2cc(OC)cc(C(=O)OC(C)C)n2)cc1.CCc1ccc(-c2cccc(C(=O)OC(C)C)n2)cc1. The standard InChI is InChI=1S/C20H25NO3.C20H21NO3.C19H23NO3.C19H19NO3.C17H19NO2/c1-6-14(4)15-7-9-16(10-8-15)18-11-17(23-5)12-19(21-18)20(22)24-13(2)3;1-5-7-15-8-10-16(11-9-15)18-12-17(23-4)13-19(21-18)20(22)24-14(3)6-2;1-5-6-14-7-9-15(10-8-14)17-11-16(22-4)12-18(20-17)19(21)23-13(2)3;1-4-7-14(3)23-19(21)18-9-6-8-17(20-18)15-10-12-16(13-11-15)22-5-2;1-4-13-8-10-14(11-9-13)15-6-5-7-16(18-15)17(19)20-12(2)3/h7-14H,6H2,1-5H3;2,8-14H,5,7H2,1,3-4H3;7-13H,5-6H2,1-4H3;1,6,8-14H,5,7H2,2-3H3;5-12H,4H2,1-3H3. The summed E-state index contributed by atoms with van der Waals surface area (Å²) in [5.41, 5.74) is 14.7. The molecule has 0 radical (unpaired) electrons. The molecule has 10 rings (SSSR count). The third-order valence-corrected chi connectivity index (χ3v) is 17.0. The number of benzene rings is 5. The molecule has 3 unspecified atom stereocenters. The Bertz CT molecular complexity index is 4800. The fourth-order valence-corrected chi connectivity index (χ4v) is 10.9. The minimum atomic E-state index is -0.609. The summed E-state index contributed by atoms with van der Waals surface area (Å²) >= 11 is 0. The minimum absolute atomic E-state index is 0.142. The second kappa shape index (κ2) is 47.0. The fraction of sp³-hybridized carbons (Fsp3) is 0.326. The summed E-state index contributed by atoms with van der Waals surface area (Å²) in [4.78, 5) is 82.4. The summed E-state index contributed by atoms with van der Waals surface area (Å²) in [5.74, 6) is 5.55. The van der Waals surface area contributed by atoms with Gasteiger partial charge in [-0.25, -0.2) is 48.9 Å². The number of ether oxygens (including phenoxy) is 9. The highest BCUT2D eigenvalue weighted by Crippen LogP contribution is 2.30. The van der Waals surface area contributed by atoms with E-state index in [9.17, 15) is 24.0 Å². The van der Waals surface area contributed by atoms with Gasteiger partial charge in [0, 0.05) is 70.6 Å².